The zero-order valence-corrected chi connectivity index (χ0v) is 13.5. The first kappa shape index (κ1) is 15.8. The van der Waals surface area contributed by atoms with E-state index in [2.05, 4.69) is 5.32 Å². The van der Waals surface area contributed by atoms with Crippen LogP contribution in [-0.2, 0) is 11.3 Å². The number of nitrogens with one attached hydrogen (secondary N) is 1. The summed E-state index contributed by atoms with van der Waals surface area (Å²) in [6.45, 7) is 7.12. The molecule has 1 aromatic heterocycles. The van der Waals surface area contributed by atoms with Crippen molar-refractivity contribution in [1.29, 1.82) is 0 Å². The van der Waals surface area contributed by atoms with E-state index < -0.39 is 11.4 Å². The van der Waals surface area contributed by atoms with Crippen molar-refractivity contribution < 1.29 is 14.7 Å². The monoisotopic (exact) mass is 310 g/mol. The van der Waals surface area contributed by atoms with Gasteiger partial charge in [0, 0.05) is 22.8 Å². The molecule has 0 radical (unpaired) electrons. The molecule has 2 amide bonds. The van der Waals surface area contributed by atoms with Crippen molar-refractivity contribution >= 4 is 23.3 Å². The highest BCUT2D eigenvalue weighted by Gasteiger charge is 2.48. The molecule has 2 N–H and O–H groups in total. The molecule has 0 spiro atoms. The number of urea groups is 1. The Labute approximate surface area is 129 Å². The van der Waals surface area contributed by atoms with E-state index in [1.165, 1.54) is 4.88 Å². The number of nitrogens with zero attached hydrogens (tertiary/aromatic N) is 1. The van der Waals surface area contributed by atoms with Gasteiger partial charge >= 0.3 is 12.0 Å². The van der Waals surface area contributed by atoms with Crippen molar-refractivity contribution in [2.45, 2.75) is 33.7 Å². The largest absolute Gasteiger partial charge is 0.481 e. The molecule has 0 aliphatic carbocycles. The fourth-order valence-corrected chi connectivity index (χ4v) is 3.58. The molecule has 1 aromatic rings. The third kappa shape index (κ3) is 3.20. The first-order chi connectivity index (χ1) is 9.85. The van der Waals surface area contributed by atoms with Gasteiger partial charge in [0.2, 0.25) is 0 Å². The minimum absolute atomic E-state index is 0.00717. The van der Waals surface area contributed by atoms with E-state index in [0.717, 1.165) is 4.88 Å². The summed E-state index contributed by atoms with van der Waals surface area (Å²) >= 11 is 1.65. The average molecular weight is 310 g/mol. The van der Waals surface area contributed by atoms with Crippen molar-refractivity contribution in [2.24, 2.45) is 11.3 Å². The summed E-state index contributed by atoms with van der Waals surface area (Å²) in [6, 6.07) is 3.85. The molecule has 2 heterocycles. The van der Waals surface area contributed by atoms with Crippen LogP contribution in [0.2, 0.25) is 0 Å². The molecule has 1 unspecified atom stereocenters. The number of rotatable bonds is 4. The number of aliphatic carboxylic acids is 1. The molecule has 0 bridgehead atoms. The number of aryl methyl sites for hydroxylation is 1. The van der Waals surface area contributed by atoms with Crippen molar-refractivity contribution in [2.75, 3.05) is 13.1 Å². The average Bonchev–Trinajstić information content (AvgIpc) is 3.03. The Morgan fingerprint density at radius 1 is 1.48 bits per heavy atom. The lowest BCUT2D eigenvalue weighted by molar-refractivity contribution is -0.150. The van der Waals surface area contributed by atoms with Crippen LogP contribution in [0.4, 0.5) is 4.79 Å². The molecule has 1 atom stereocenters. The number of thiophene rings is 1. The van der Waals surface area contributed by atoms with Crippen molar-refractivity contribution in [3.05, 3.63) is 21.9 Å². The van der Waals surface area contributed by atoms with E-state index in [-0.39, 0.29) is 18.5 Å². The zero-order chi connectivity index (χ0) is 15.6. The smallest absolute Gasteiger partial charge is 0.317 e. The van der Waals surface area contributed by atoms with E-state index in [1.807, 2.05) is 32.9 Å². The van der Waals surface area contributed by atoms with Crippen LogP contribution in [0.25, 0.3) is 0 Å². The normalized spacial score (nSPS) is 21.8. The topological polar surface area (TPSA) is 69.6 Å². The lowest BCUT2D eigenvalue weighted by atomic mass is 9.76. The lowest BCUT2D eigenvalue weighted by Crippen LogP contribution is -2.43. The van der Waals surface area contributed by atoms with Crippen molar-refractivity contribution in [3.8, 4) is 0 Å². The number of hydrogen-bond donors (Lipinski definition) is 2. The molecule has 0 aromatic carbocycles. The molecular formula is C15H22N2O3S. The number of amides is 2. The Kier molecular flexibility index (Phi) is 4.56. The second-order valence-corrected chi connectivity index (χ2v) is 7.33. The Morgan fingerprint density at radius 3 is 2.67 bits per heavy atom. The first-order valence-electron chi connectivity index (χ1n) is 7.16. The number of carbonyl (C=O) groups excluding carboxylic acids is 1. The minimum Gasteiger partial charge on any atom is -0.481 e. The Hall–Kier alpha value is -1.56. The molecule has 21 heavy (non-hydrogen) atoms. The Bertz CT molecular complexity index is 541. The van der Waals surface area contributed by atoms with Gasteiger partial charge in [-0.2, -0.15) is 0 Å². The second kappa shape index (κ2) is 6.05. The molecule has 1 saturated heterocycles. The fourth-order valence-electron chi connectivity index (χ4n) is 2.75. The third-order valence-corrected chi connectivity index (χ3v) is 5.33. The molecule has 5 nitrogen and oxygen atoms in total. The van der Waals surface area contributed by atoms with Gasteiger partial charge in [-0.15, -0.1) is 11.3 Å². The van der Waals surface area contributed by atoms with Crippen LogP contribution in [-0.4, -0.2) is 35.1 Å². The number of carbonyl (C=O) groups is 2. The van der Waals surface area contributed by atoms with Crippen molar-refractivity contribution in [3.63, 3.8) is 0 Å². The summed E-state index contributed by atoms with van der Waals surface area (Å²) < 4.78 is 0. The second-order valence-electron chi connectivity index (χ2n) is 5.96. The van der Waals surface area contributed by atoms with Crippen LogP contribution in [0.15, 0.2) is 12.1 Å². The highest BCUT2D eigenvalue weighted by molar-refractivity contribution is 7.11. The Balaban J connectivity index is 1.94. The van der Waals surface area contributed by atoms with Gasteiger partial charge in [0.1, 0.15) is 0 Å². The van der Waals surface area contributed by atoms with Gasteiger partial charge in [0.25, 0.3) is 0 Å². The molecule has 0 saturated carbocycles. The molecule has 116 valence electrons. The minimum atomic E-state index is -0.809. The summed E-state index contributed by atoms with van der Waals surface area (Å²) in [5.74, 6) is -0.797. The highest BCUT2D eigenvalue weighted by Crippen LogP contribution is 2.38. The number of carboxylic acids is 1. The van der Waals surface area contributed by atoms with Crippen LogP contribution in [0.3, 0.4) is 0 Å². The van der Waals surface area contributed by atoms with Crippen LogP contribution in [0.1, 0.15) is 30.0 Å². The number of hydrogen-bond acceptors (Lipinski definition) is 3. The van der Waals surface area contributed by atoms with Crippen LogP contribution in [0.5, 0.6) is 0 Å². The van der Waals surface area contributed by atoms with Gasteiger partial charge in [-0.25, -0.2) is 4.79 Å². The molecular weight excluding hydrogens is 288 g/mol. The zero-order valence-electron chi connectivity index (χ0n) is 12.7. The van der Waals surface area contributed by atoms with E-state index in [0.29, 0.717) is 19.5 Å². The maximum Gasteiger partial charge on any atom is 0.317 e. The van der Waals surface area contributed by atoms with Gasteiger partial charge in [0.05, 0.1) is 12.0 Å². The van der Waals surface area contributed by atoms with E-state index >= 15 is 0 Å². The molecule has 1 fully saturated rings. The van der Waals surface area contributed by atoms with Gasteiger partial charge in [-0.05, 0) is 31.4 Å². The highest BCUT2D eigenvalue weighted by atomic mass is 32.1. The maximum atomic E-state index is 12.2. The van der Waals surface area contributed by atoms with Crippen LogP contribution in [0, 0.1) is 18.3 Å². The maximum absolute atomic E-state index is 12.2. The van der Waals surface area contributed by atoms with Crippen LogP contribution < -0.4 is 5.32 Å². The van der Waals surface area contributed by atoms with Crippen molar-refractivity contribution in [1.82, 2.24) is 10.2 Å². The first-order valence-corrected chi connectivity index (χ1v) is 7.98. The summed E-state index contributed by atoms with van der Waals surface area (Å²) in [5.41, 5.74) is -0.809. The van der Waals surface area contributed by atoms with E-state index in [4.69, 9.17) is 0 Å². The Morgan fingerprint density at radius 2 is 2.19 bits per heavy atom. The third-order valence-electron chi connectivity index (χ3n) is 4.33. The lowest BCUT2D eigenvalue weighted by Gasteiger charge is -2.28. The van der Waals surface area contributed by atoms with E-state index in [9.17, 15) is 14.7 Å². The quantitative estimate of drug-likeness (QED) is 0.898. The summed E-state index contributed by atoms with van der Waals surface area (Å²) in [4.78, 5) is 27.7. The number of carboxylic acid groups (broad SMARTS) is 1. The van der Waals surface area contributed by atoms with Gasteiger partial charge in [-0.1, -0.05) is 13.8 Å². The molecule has 2 rings (SSSR count). The predicted molar refractivity (Wildman–Crippen MR) is 82.4 cm³/mol. The summed E-state index contributed by atoms with van der Waals surface area (Å²) in [5, 5.41) is 12.4. The van der Waals surface area contributed by atoms with Crippen LogP contribution >= 0.6 is 11.3 Å². The SMILES string of the molecule is Cc1ccc(CNC(=O)N2CCC(C(=O)O)(C(C)C)C2)s1. The van der Waals surface area contributed by atoms with Gasteiger partial charge in [-0.3, -0.25) is 4.79 Å². The standard InChI is InChI=1S/C15H22N2O3S/c1-10(2)15(13(18)19)6-7-17(9-15)14(20)16-8-12-5-4-11(3)21-12/h4-5,10H,6-9H2,1-3H3,(H,16,20)(H,18,19). The summed E-state index contributed by atoms with van der Waals surface area (Å²) in [7, 11) is 0. The summed E-state index contributed by atoms with van der Waals surface area (Å²) in [6.07, 6.45) is 0.519. The molecule has 1 aliphatic rings. The van der Waals surface area contributed by atoms with Gasteiger partial charge in [0.15, 0.2) is 0 Å². The number of likely N-dealkylation sites (tertiary alicyclic amines) is 1. The molecule has 1 aliphatic heterocycles. The fraction of sp³-hybridized carbons (Fsp3) is 0.600. The van der Waals surface area contributed by atoms with E-state index in [1.54, 1.807) is 16.2 Å². The predicted octanol–water partition coefficient (Wildman–Crippen LogP) is 2.70. The van der Waals surface area contributed by atoms with Gasteiger partial charge < -0.3 is 15.3 Å². The molecule has 6 heteroatoms.